The summed E-state index contributed by atoms with van der Waals surface area (Å²) >= 11 is 0. The third-order valence-electron chi connectivity index (χ3n) is 5.61. The average Bonchev–Trinajstić information content (AvgIpc) is 3.34. The topological polar surface area (TPSA) is 142 Å². The van der Waals surface area contributed by atoms with Crippen molar-refractivity contribution in [3.63, 3.8) is 0 Å². The van der Waals surface area contributed by atoms with Crippen LogP contribution in [0.5, 0.6) is 0 Å². The summed E-state index contributed by atoms with van der Waals surface area (Å²) in [5.74, 6) is -4.44. The van der Waals surface area contributed by atoms with E-state index in [2.05, 4.69) is 5.32 Å². The third kappa shape index (κ3) is 4.53. The molecular formula is C20H17B2F2NO8. The van der Waals surface area contributed by atoms with E-state index in [9.17, 15) is 38.3 Å². The van der Waals surface area contributed by atoms with Gasteiger partial charge in [-0.3, -0.25) is 9.59 Å². The van der Waals surface area contributed by atoms with Gasteiger partial charge in [0.15, 0.2) is 5.78 Å². The number of aliphatic carboxylic acids is 1. The van der Waals surface area contributed by atoms with Crippen LogP contribution in [0.25, 0.3) is 0 Å². The number of fused-ring (bicyclic) bond motifs is 2. The fraction of sp³-hybridized carbons (Fsp3) is 0.250. The maximum absolute atomic E-state index is 14.2. The number of carbonyl (C=O) groups excluding carboxylic acids is 2. The standard InChI is InChI=1S/C20H17B2F2NO8/c23-15-5-9(3-13-11(15)7-32-21(13)30)18(26)2-1-17(20(28)29)25-19(27)10-4-14-12(16(24)6-10)8-33-22(14)31/h3-6,17,30-31H,1-2,7-8H2,(H,25,27)(H,28,29)/t17-/m0/s1. The molecule has 2 heterocycles. The zero-order valence-electron chi connectivity index (χ0n) is 17.0. The Hall–Kier alpha value is -3.12. The van der Waals surface area contributed by atoms with E-state index in [1.54, 1.807) is 0 Å². The summed E-state index contributed by atoms with van der Waals surface area (Å²) in [6, 6.07) is 2.88. The van der Waals surface area contributed by atoms with Gasteiger partial charge in [-0.25, -0.2) is 13.6 Å². The fourth-order valence-corrected chi connectivity index (χ4v) is 3.78. The number of benzene rings is 2. The Morgan fingerprint density at radius 3 is 2.00 bits per heavy atom. The number of carbonyl (C=O) groups is 3. The molecule has 4 N–H and O–H groups in total. The van der Waals surface area contributed by atoms with Crippen LogP contribution >= 0.6 is 0 Å². The van der Waals surface area contributed by atoms with Crippen molar-refractivity contribution in [1.29, 1.82) is 0 Å². The minimum atomic E-state index is -1.49. The summed E-state index contributed by atoms with van der Waals surface area (Å²) in [7, 11) is -2.75. The molecule has 4 rings (SSSR count). The second-order valence-electron chi connectivity index (χ2n) is 7.70. The van der Waals surface area contributed by atoms with Crippen molar-refractivity contribution in [2.75, 3.05) is 0 Å². The summed E-state index contributed by atoms with van der Waals surface area (Å²) < 4.78 is 38.2. The van der Waals surface area contributed by atoms with Crippen LogP contribution in [0.4, 0.5) is 8.78 Å². The van der Waals surface area contributed by atoms with Crippen molar-refractivity contribution in [2.24, 2.45) is 0 Å². The highest BCUT2D eigenvalue weighted by atomic mass is 19.1. The first-order chi connectivity index (χ1) is 15.7. The van der Waals surface area contributed by atoms with Crippen molar-refractivity contribution in [2.45, 2.75) is 32.1 Å². The number of Topliss-reactive ketones (excluding diaryl/α,β-unsaturated/α-hetero) is 1. The molecule has 1 atom stereocenters. The van der Waals surface area contributed by atoms with Crippen molar-refractivity contribution < 1.29 is 47.6 Å². The minimum absolute atomic E-state index is 0.0686. The van der Waals surface area contributed by atoms with Gasteiger partial charge in [0.05, 0.1) is 13.2 Å². The van der Waals surface area contributed by atoms with E-state index in [-0.39, 0.29) is 59.2 Å². The number of amides is 1. The van der Waals surface area contributed by atoms with E-state index in [1.165, 1.54) is 12.1 Å². The predicted molar refractivity (Wildman–Crippen MR) is 110 cm³/mol. The number of hydrogen-bond donors (Lipinski definition) is 4. The Morgan fingerprint density at radius 1 is 0.939 bits per heavy atom. The number of carboxylic acids is 1. The monoisotopic (exact) mass is 459 g/mol. The number of hydrogen-bond acceptors (Lipinski definition) is 7. The Kier molecular flexibility index (Phi) is 6.30. The van der Waals surface area contributed by atoms with Crippen molar-refractivity contribution in [3.8, 4) is 0 Å². The van der Waals surface area contributed by atoms with E-state index >= 15 is 0 Å². The van der Waals surface area contributed by atoms with Gasteiger partial charge in [-0.2, -0.15) is 0 Å². The largest absolute Gasteiger partial charge is 0.491 e. The summed E-state index contributed by atoms with van der Waals surface area (Å²) in [4.78, 5) is 36.6. The van der Waals surface area contributed by atoms with Crippen LogP contribution in [-0.2, 0) is 27.3 Å². The molecule has 0 aliphatic carbocycles. The maximum Gasteiger partial charge on any atom is 0.491 e. The number of ketones is 1. The van der Waals surface area contributed by atoms with Crippen LogP contribution in [0.1, 0.15) is 44.7 Å². The molecule has 0 unspecified atom stereocenters. The predicted octanol–water partition coefficient (Wildman–Crippen LogP) is -0.754. The normalized spacial score (nSPS) is 15.3. The lowest BCUT2D eigenvalue weighted by Crippen LogP contribution is -2.41. The molecule has 2 aliphatic heterocycles. The first-order valence-corrected chi connectivity index (χ1v) is 9.96. The lowest BCUT2D eigenvalue weighted by Gasteiger charge is -2.15. The van der Waals surface area contributed by atoms with Gasteiger partial charge in [0, 0.05) is 28.7 Å². The molecule has 0 radical (unpaired) electrons. The van der Waals surface area contributed by atoms with E-state index in [0.29, 0.717) is 0 Å². The number of nitrogens with one attached hydrogen (secondary N) is 1. The van der Waals surface area contributed by atoms with Crippen LogP contribution in [0.15, 0.2) is 24.3 Å². The highest BCUT2D eigenvalue weighted by Gasteiger charge is 2.33. The Morgan fingerprint density at radius 2 is 1.45 bits per heavy atom. The lowest BCUT2D eigenvalue weighted by atomic mass is 9.78. The molecule has 0 saturated carbocycles. The molecule has 0 bridgehead atoms. The molecule has 1 amide bonds. The molecule has 13 heteroatoms. The van der Waals surface area contributed by atoms with Crippen LogP contribution in [0.2, 0.25) is 0 Å². The molecule has 0 aromatic heterocycles. The first kappa shape index (κ1) is 23.1. The fourth-order valence-electron chi connectivity index (χ4n) is 3.78. The quantitative estimate of drug-likeness (QED) is 0.313. The molecule has 2 aromatic carbocycles. The van der Waals surface area contributed by atoms with Crippen molar-refractivity contribution in [1.82, 2.24) is 5.32 Å². The molecule has 2 aromatic rings. The van der Waals surface area contributed by atoms with E-state index < -0.39 is 49.6 Å². The highest BCUT2D eigenvalue weighted by Crippen LogP contribution is 2.19. The molecule has 0 spiro atoms. The summed E-state index contributed by atoms with van der Waals surface area (Å²) in [5, 5.41) is 31.1. The Balaban J connectivity index is 1.44. The molecule has 0 fully saturated rings. The van der Waals surface area contributed by atoms with Crippen LogP contribution in [-0.4, -0.2) is 53.1 Å². The Labute approximate surface area is 186 Å². The van der Waals surface area contributed by atoms with Gasteiger partial charge >= 0.3 is 20.2 Å². The molecule has 33 heavy (non-hydrogen) atoms. The number of halogens is 2. The minimum Gasteiger partial charge on any atom is -0.480 e. The van der Waals surface area contributed by atoms with Gasteiger partial charge < -0.3 is 29.8 Å². The van der Waals surface area contributed by atoms with E-state index in [0.717, 1.165) is 12.1 Å². The SMILES string of the molecule is O=C(CC[C@H](NC(=O)c1cc(F)c2c(c1)B(O)OC2)C(=O)O)c1cc(F)c2c(c1)B(O)OC2. The second-order valence-corrected chi connectivity index (χ2v) is 7.70. The van der Waals surface area contributed by atoms with Gasteiger partial charge in [0.2, 0.25) is 0 Å². The smallest absolute Gasteiger partial charge is 0.480 e. The van der Waals surface area contributed by atoms with Gasteiger partial charge in [0.1, 0.15) is 17.7 Å². The van der Waals surface area contributed by atoms with Gasteiger partial charge in [-0.05, 0) is 35.5 Å². The van der Waals surface area contributed by atoms with Crippen molar-refractivity contribution >= 4 is 42.8 Å². The van der Waals surface area contributed by atoms with Gasteiger partial charge in [0.25, 0.3) is 5.91 Å². The zero-order chi connectivity index (χ0) is 23.9. The van der Waals surface area contributed by atoms with E-state index in [1.807, 2.05) is 0 Å². The maximum atomic E-state index is 14.2. The average molecular weight is 459 g/mol. The van der Waals surface area contributed by atoms with Crippen LogP contribution < -0.4 is 16.2 Å². The van der Waals surface area contributed by atoms with Crippen LogP contribution in [0.3, 0.4) is 0 Å². The second kappa shape index (κ2) is 9.02. The van der Waals surface area contributed by atoms with Crippen molar-refractivity contribution in [3.05, 3.63) is 58.2 Å². The van der Waals surface area contributed by atoms with E-state index in [4.69, 9.17) is 9.31 Å². The van der Waals surface area contributed by atoms with Gasteiger partial charge in [-0.1, -0.05) is 6.07 Å². The molecular weight excluding hydrogens is 442 g/mol. The molecule has 170 valence electrons. The zero-order valence-corrected chi connectivity index (χ0v) is 17.0. The number of carboxylic acid groups (broad SMARTS) is 1. The highest BCUT2D eigenvalue weighted by molar-refractivity contribution is 6.62. The number of rotatable bonds is 7. The summed E-state index contributed by atoms with van der Waals surface area (Å²) in [5.41, 5.74) is 0.172. The first-order valence-electron chi connectivity index (χ1n) is 9.96. The lowest BCUT2D eigenvalue weighted by molar-refractivity contribution is -0.139. The Bertz CT molecular complexity index is 1160. The van der Waals surface area contributed by atoms with Crippen LogP contribution in [0, 0.1) is 11.6 Å². The third-order valence-corrected chi connectivity index (χ3v) is 5.61. The van der Waals surface area contributed by atoms with Gasteiger partial charge in [-0.15, -0.1) is 0 Å². The summed E-state index contributed by atoms with van der Waals surface area (Å²) in [6.07, 6.45) is -0.672. The summed E-state index contributed by atoms with van der Waals surface area (Å²) in [6.45, 7) is -0.285. The molecule has 2 aliphatic rings. The molecule has 0 saturated heterocycles. The molecule has 9 nitrogen and oxygen atoms in total.